The fraction of sp³-hybridized carbons (Fsp3) is 0.286. The number of benzene rings is 3. The summed E-state index contributed by atoms with van der Waals surface area (Å²) in [7, 11) is 0. The Balaban J connectivity index is 0.00000280. The van der Waals surface area contributed by atoms with Crippen LogP contribution in [0.1, 0.15) is 46.9 Å². The summed E-state index contributed by atoms with van der Waals surface area (Å²) in [4.78, 5) is 25.3. The van der Waals surface area contributed by atoms with Crippen molar-refractivity contribution in [2.45, 2.75) is 44.3 Å². The van der Waals surface area contributed by atoms with Gasteiger partial charge in [-0.3, -0.25) is 4.79 Å². The monoisotopic (exact) mass is 494 g/mol. The van der Waals surface area contributed by atoms with Crippen LogP contribution in [0.25, 0.3) is 11.1 Å². The maximum atomic E-state index is 13.4. The molecular formula is C28H24F2O6. The second-order valence-corrected chi connectivity index (χ2v) is 9.58. The molecule has 3 aliphatic rings. The molecule has 186 valence electrons. The molecule has 0 amide bonds. The van der Waals surface area contributed by atoms with Crippen molar-refractivity contribution in [3.8, 4) is 28.4 Å². The molecule has 0 aromatic heterocycles. The van der Waals surface area contributed by atoms with Crippen molar-refractivity contribution in [1.82, 2.24) is 0 Å². The van der Waals surface area contributed by atoms with Crippen molar-refractivity contribution in [1.29, 1.82) is 0 Å². The third kappa shape index (κ3) is 3.68. The van der Waals surface area contributed by atoms with Gasteiger partial charge in [0, 0.05) is 14.3 Å². The van der Waals surface area contributed by atoms with Crippen LogP contribution in [-0.4, -0.2) is 29.8 Å². The predicted molar refractivity (Wildman–Crippen MR) is 127 cm³/mol. The Bertz CT molecular complexity index is 1450. The predicted octanol–water partition coefficient (Wildman–Crippen LogP) is 5.71. The Labute approximate surface area is 206 Å². The van der Waals surface area contributed by atoms with E-state index in [0.717, 1.165) is 27.8 Å². The van der Waals surface area contributed by atoms with Crippen molar-refractivity contribution < 1.29 is 39.1 Å². The molecule has 0 unspecified atom stereocenters. The van der Waals surface area contributed by atoms with Gasteiger partial charge in [0.2, 0.25) is 0 Å². The highest BCUT2D eigenvalue weighted by Crippen LogP contribution is 2.52. The second kappa shape index (κ2) is 7.78. The van der Waals surface area contributed by atoms with Gasteiger partial charge < -0.3 is 19.3 Å². The summed E-state index contributed by atoms with van der Waals surface area (Å²) < 4.78 is 41.4. The van der Waals surface area contributed by atoms with Crippen LogP contribution in [0.5, 0.6) is 17.2 Å². The normalized spacial score (nSPS) is 17.9. The number of ether oxygens (including phenoxy) is 3. The number of rotatable bonds is 6. The number of Topliss-reactive ketones (excluding diaryl/α,β-unsaturated/α-hetero) is 1. The van der Waals surface area contributed by atoms with Gasteiger partial charge in [-0.15, -0.1) is 8.78 Å². The Morgan fingerprint density at radius 3 is 2.56 bits per heavy atom. The number of carbonyl (C=O) groups excluding carboxylic acids is 1. The maximum Gasteiger partial charge on any atom is 0.586 e. The van der Waals surface area contributed by atoms with E-state index in [1.807, 2.05) is 31.2 Å². The number of halogens is 2. The smallest absolute Gasteiger partial charge is 0.492 e. The minimum absolute atomic E-state index is 0. The number of aromatic carboxylic acids is 1. The molecule has 0 spiro atoms. The molecule has 0 atom stereocenters. The van der Waals surface area contributed by atoms with Crippen LogP contribution in [0.2, 0.25) is 0 Å². The molecule has 3 aromatic carbocycles. The molecule has 2 aliphatic heterocycles. The Hall–Kier alpha value is -3.94. The summed E-state index contributed by atoms with van der Waals surface area (Å²) in [5, 5.41) is 9.67. The van der Waals surface area contributed by atoms with E-state index in [0.29, 0.717) is 37.2 Å². The SMILES string of the molecule is Cc1ccc(CC(=O)C2(c3ccc4c(c3)OC(F)(F)O4)CC2)cc1-c1cc2c(c(C(=O)O)c1)OCC2.[HH]. The summed E-state index contributed by atoms with van der Waals surface area (Å²) in [5.74, 6) is -0.736. The molecule has 6 rings (SSSR count). The standard InChI is InChI=1S/C28H22F2O6.H2/c1-15-2-3-16(10-20(15)18-12-17-6-9-34-25(17)21(13-18)26(32)33)11-24(31)27(7-8-27)19-4-5-22-23(14-19)36-28(29,30)35-22;/h2-5,10,12-14H,6-9,11H2,1H3,(H,32,33);1H. The lowest BCUT2D eigenvalue weighted by molar-refractivity contribution is -0.286. The third-order valence-corrected chi connectivity index (χ3v) is 7.23. The lowest BCUT2D eigenvalue weighted by atomic mass is 9.86. The number of hydrogen-bond donors (Lipinski definition) is 1. The van der Waals surface area contributed by atoms with E-state index < -0.39 is 17.7 Å². The van der Waals surface area contributed by atoms with Gasteiger partial charge in [0.25, 0.3) is 0 Å². The van der Waals surface area contributed by atoms with Crippen LogP contribution in [0.4, 0.5) is 8.78 Å². The van der Waals surface area contributed by atoms with E-state index in [-0.39, 0.29) is 30.7 Å². The second-order valence-electron chi connectivity index (χ2n) is 9.58. The third-order valence-electron chi connectivity index (χ3n) is 7.23. The van der Waals surface area contributed by atoms with E-state index >= 15 is 0 Å². The number of fused-ring (bicyclic) bond motifs is 2. The molecule has 8 heteroatoms. The first-order valence-electron chi connectivity index (χ1n) is 11.7. The van der Waals surface area contributed by atoms with Crippen molar-refractivity contribution in [3.05, 3.63) is 76.3 Å². The maximum absolute atomic E-state index is 13.4. The minimum atomic E-state index is -3.70. The van der Waals surface area contributed by atoms with E-state index in [1.54, 1.807) is 12.1 Å². The van der Waals surface area contributed by atoms with Gasteiger partial charge in [0.15, 0.2) is 11.5 Å². The molecule has 36 heavy (non-hydrogen) atoms. The molecule has 0 radical (unpaired) electrons. The van der Waals surface area contributed by atoms with Gasteiger partial charge in [-0.05, 0) is 77.4 Å². The first-order chi connectivity index (χ1) is 17.1. The van der Waals surface area contributed by atoms with E-state index in [2.05, 4.69) is 9.47 Å². The Kier molecular flexibility index (Phi) is 4.87. The van der Waals surface area contributed by atoms with Crippen LogP contribution in [-0.2, 0) is 23.1 Å². The molecule has 0 bridgehead atoms. The molecule has 1 fully saturated rings. The van der Waals surface area contributed by atoms with Crippen LogP contribution in [0.15, 0.2) is 48.5 Å². The summed E-state index contributed by atoms with van der Waals surface area (Å²) >= 11 is 0. The summed E-state index contributed by atoms with van der Waals surface area (Å²) in [6.07, 6.45) is -1.63. The number of ketones is 1. The van der Waals surface area contributed by atoms with Crippen LogP contribution >= 0.6 is 0 Å². The molecule has 1 saturated carbocycles. The highest BCUT2D eigenvalue weighted by molar-refractivity contribution is 5.96. The molecular weight excluding hydrogens is 470 g/mol. The van der Waals surface area contributed by atoms with Gasteiger partial charge >= 0.3 is 12.3 Å². The van der Waals surface area contributed by atoms with Gasteiger partial charge in [-0.25, -0.2) is 4.79 Å². The fourth-order valence-corrected chi connectivity index (χ4v) is 5.17. The Morgan fingerprint density at radius 1 is 1.03 bits per heavy atom. The molecule has 1 N–H and O–H groups in total. The van der Waals surface area contributed by atoms with Crippen molar-refractivity contribution >= 4 is 11.8 Å². The highest BCUT2D eigenvalue weighted by atomic mass is 19.3. The fourth-order valence-electron chi connectivity index (χ4n) is 5.17. The zero-order valence-electron chi connectivity index (χ0n) is 19.4. The van der Waals surface area contributed by atoms with Crippen molar-refractivity contribution in [2.75, 3.05) is 6.61 Å². The van der Waals surface area contributed by atoms with Crippen LogP contribution in [0, 0.1) is 6.92 Å². The zero-order chi connectivity index (χ0) is 25.2. The van der Waals surface area contributed by atoms with Crippen molar-refractivity contribution in [3.63, 3.8) is 0 Å². The zero-order valence-corrected chi connectivity index (χ0v) is 19.4. The van der Waals surface area contributed by atoms with Gasteiger partial charge in [-0.2, -0.15) is 0 Å². The lowest BCUT2D eigenvalue weighted by Gasteiger charge is -2.16. The highest BCUT2D eigenvalue weighted by Gasteiger charge is 2.52. The average Bonchev–Trinajstić information content (AvgIpc) is 3.39. The Morgan fingerprint density at radius 2 is 1.81 bits per heavy atom. The molecule has 3 aromatic rings. The molecule has 1 aliphatic carbocycles. The number of hydrogen-bond acceptors (Lipinski definition) is 5. The first kappa shape index (κ1) is 22.5. The van der Waals surface area contributed by atoms with Crippen LogP contribution in [0.3, 0.4) is 0 Å². The van der Waals surface area contributed by atoms with Gasteiger partial charge in [0.1, 0.15) is 17.1 Å². The number of carboxylic acids is 1. The molecule has 6 nitrogen and oxygen atoms in total. The quantitative estimate of drug-likeness (QED) is 0.473. The van der Waals surface area contributed by atoms with E-state index in [9.17, 15) is 23.5 Å². The van der Waals surface area contributed by atoms with E-state index in [4.69, 9.17) is 4.74 Å². The minimum Gasteiger partial charge on any atom is -0.492 e. The summed E-state index contributed by atoms with van der Waals surface area (Å²) in [5.41, 5.74) is 4.27. The summed E-state index contributed by atoms with van der Waals surface area (Å²) in [6.45, 7) is 2.39. The number of alkyl halides is 2. The number of carboxylic acid groups (broad SMARTS) is 1. The lowest BCUT2D eigenvalue weighted by Crippen LogP contribution is -2.26. The van der Waals surface area contributed by atoms with Gasteiger partial charge in [-0.1, -0.05) is 24.3 Å². The largest absolute Gasteiger partial charge is 0.586 e. The molecule has 0 saturated heterocycles. The first-order valence-corrected chi connectivity index (χ1v) is 11.7. The van der Waals surface area contributed by atoms with E-state index in [1.165, 1.54) is 12.1 Å². The van der Waals surface area contributed by atoms with Crippen molar-refractivity contribution in [2.24, 2.45) is 0 Å². The van der Waals surface area contributed by atoms with Gasteiger partial charge in [0.05, 0.1) is 12.0 Å². The van der Waals surface area contributed by atoms with Crippen LogP contribution < -0.4 is 14.2 Å². The topological polar surface area (TPSA) is 82.1 Å². The number of carbonyl (C=O) groups is 2. The molecule has 2 heterocycles. The number of aryl methyl sites for hydroxylation is 1. The summed E-state index contributed by atoms with van der Waals surface area (Å²) in [6, 6.07) is 13.8. The average molecular weight is 494 g/mol.